The topological polar surface area (TPSA) is 117 Å². The number of benzene rings is 2. The van der Waals surface area contributed by atoms with Crippen LogP contribution < -0.4 is 22.3 Å². The molecule has 0 aliphatic heterocycles. The maximum absolute atomic E-state index is 12.8. The lowest BCUT2D eigenvalue weighted by Crippen LogP contribution is -2.37. The zero-order valence-electron chi connectivity index (χ0n) is 17.6. The molecule has 4 rings (SSSR count). The first kappa shape index (κ1) is 20.9. The Morgan fingerprint density at radius 2 is 1.66 bits per heavy atom. The molecule has 32 heavy (non-hydrogen) atoms. The summed E-state index contributed by atoms with van der Waals surface area (Å²) in [5, 5.41) is 2.88. The Morgan fingerprint density at radius 1 is 1.00 bits per heavy atom. The van der Waals surface area contributed by atoms with E-state index in [1.165, 1.54) is 29.6 Å². The van der Waals surface area contributed by atoms with Crippen LogP contribution in [-0.4, -0.2) is 24.6 Å². The predicted molar refractivity (Wildman–Crippen MR) is 125 cm³/mol. The SMILES string of the molecule is Cn1c(=O)c2c(ncn2CC(=O)Nc2ccccc2/C=C/c2ccccc2N)n(C)c1=O. The summed E-state index contributed by atoms with van der Waals surface area (Å²) in [5.41, 5.74) is 8.39. The zero-order chi connectivity index (χ0) is 22.8. The van der Waals surface area contributed by atoms with Crippen LogP contribution in [0.4, 0.5) is 11.4 Å². The number of carbonyl (C=O) groups is 1. The summed E-state index contributed by atoms with van der Waals surface area (Å²) in [7, 11) is 2.92. The minimum absolute atomic E-state index is 0.131. The van der Waals surface area contributed by atoms with Gasteiger partial charge in [0.05, 0.1) is 6.33 Å². The number of amides is 1. The van der Waals surface area contributed by atoms with Crippen LogP contribution in [0.2, 0.25) is 0 Å². The normalized spacial score (nSPS) is 11.3. The smallest absolute Gasteiger partial charge is 0.332 e. The van der Waals surface area contributed by atoms with Gasteiger partial charge < -0.3 is 15.6 Å². The second-order valence-corrected chi connectivity index (χ2v) is 7.35. The molecule has 2 heterocycles. The molecule has 0 radical (unpaired) electrons. The van der Waals surface area contributed by atoms with Gasteiger partial charge in [-0.3, -0.25) is 18.7 Å². The van der Waals surface area contributed by atoms with Crippen LogP contribution in [-0.2, 0) is 25.4 Å². The van der Waals surface area contributed by atoms with Gasteiger partial charge in [-0.2, -0.15) is 0 Å². The van der Waals surface area contributed by atoms with E-state index in [1.807, 2.05) is 54.6 Å². The van der Waals surface area contributed by atoms with Crippen molar-refractivity contribution in [3.8, 4) is 0 Å². The molecule has 0 spiro atoms. The van der Waals surface area contributed by atoms with Crippen LogP contribution in [0.1, 0.15) is 11.1 Å². The first-order valence-electron chi connectivity index (χ1n) is 9.89. The van der Waals surface area contributed by atoms with E-state index >= 15 is 0 Å². The van der Waals surface area contributed by atoms with Crippen molar-refractivity contribution < 1.29 is 4.79 Å². The summed E-state index contributed by atoms with van der Waals surface area (Å²) in [6, 6.07) is 14.9. The van der Waals surface area contributed by atoms with Gasteiger partial charge in [-0.25, -0.2) is 9.78 Å². The number of carbonyl (C=O) groups excluding carboxylic acids is 1. The largest absolute Gasteiger partial charge is 0.398 e. The number of nitrogens with two attached hydrogens (primary N) is 1. The van der Waals surface area contributed by atoms with Crippen LogP contribution in [0, 0.1) is 0 Å². The van der Waals surface area contributed by atoms with Crippen LogP contribution in [0.5, 0.6) is 0 Å². The third-order valence-corrected chi connectivity index (χ3v) is 5.20. The highest BCUT2D eigenvalue weighted by Crippen LogP contribution is 2.20. The third-order valence-electron chi connectivity index (χ3n) is 5.20. The fourth-order valence-corrected chi connectivity index (χ4v) is 3.46. The van der Waals surface area contributed by atoms with Crippen LogP contribution >= 0.6 is 0 Å². The number of nitrogens with zero attached hydrogens (tertiary/aromatic N) is 4. The Kier molecular flexibility index (Phi) is 5.46. The highest BCUT2D eigenvalue weighted by molar-refractivity contribution is 5.94. The maximum atomic E-state index is 12.8. The molecule has 0 unspecified atom stereocenters. The molecule has 162 valence electrons. The molecule has 0 aliphatic rings. The highest BCUT2D eigenvalue weighted by atomic mass is 16.2. The van der Waals surface area contributed by atoms with Crippen LogP contribution in [0.15, 0.2) is 64.4 Å². The van der Waals surface area contributed by atoms with Crippen molar-refractivity contribution in [2.24, 2.45) is 14.1 Å². The van der Waals surface area contributed by atoms with E-state index in [4.69, 9.17) is 5.73 Å². The highest BCUT2D eigenvalue weighted by Gasteiger charge is 2.16. The number of imidazole rings is 1. The number of aryl methyl sites for hydroxylation is 1. The molecule has 9 nitrogen and oxygen atoms in total. The zero-order valence-corrected chi connectivity index (χ0v) is 17.6. The molecule has 3 N–H and O–H groups in total. The lowest BCUT2D eigenvalue weighted by Gasteiger charge is -2.10. The van der Waals surface area contributed by atoms with E-state index in [0.29, 0.717) is 11.4 Å². The Morgan fingerprint density at radius 3 is 2.41 bits per heavy atom. The van der Waals surface area contributed by atoms with Gasteiger partial charge in [0.1, 0.15) is 6.54 Å². The third kappa shape index (κ3) is 3.83. The minimum atomic E-state index is -0.503. The lowest BCUT2D eigenvalue weighted by atomic mass is 10.1. The fraction of sp³-hybridized carbons (Fsp3) is 0.130. The molecule has 2 aromatic carbocycles. The molecular formula is C23H22N6O3. The number of hydrogen-bond acceptors (Lipinski definition) is 5. The first-order valence-corrected chi connectivity index (χ1v) is 9.89. The number of hydrogen-bond donors (Lipinski definition) is 2. The summed E-state index contributed by atoms with van der Waals surface area (Å²) >= 11 is 0. The summed E-state index contributed by atoms with van der Waals surface area (Å²) < 4.78 is 3.71. The van der Waals surface area contributed by atoms with E-state index in [0.717, 1.165) is 15.7 Å². The van der Waals surface area contributed by atoms with Crippen molar-refractivity contribution >= 4 is 40.6 Å². The molecule has 0 bridgehead atoms. The van der Waals surface area contributed by atoms with Crippen molar-refractivity contribution in [2.45, 2.75) is 6.54 Å². The van der Waals surface area contributed by atoms with Crippen molar-refractivity contribution in [3.63, 3.8) is 0 Å². The van der Waals surface area contributed by atoms with E-state index in [2.05, 4.69) is 10.3 Å². The van der Waals surface area contributed by atoms with E-state index in [9.17, 15) is 14.4 Å². The molecule has 0 aliphatic carbocycles. The first-order chi connectivity index (χ1) is 15.4. The quantitative estimate of drug-likeness (QED) is 0.370. The predicted octanol–water partition coefficient (Wildman–Crippen LogP) is 1.82. The molecule has 0 saturated heterocycles. The molecule has 0 saturated carbocycles. The Bertz CT molecular complexity index is 1480. The van der Waals surface area contributed by atoms with Gasteiger partial charge in [-0.15, -0.1) is 0 Å². The summed E-state index contributed by atoms with van der Waals surface area (Å²) in [4.78, 5) is 41.6. The van der Waals surface area contributed by atoms with E-state index in [1.54, 1.807) is 6.07 Å². The van der Waals surface area contributed by atoms with Gasteiger partial charge in [0.25, 0.3) is 5.56 Å². The van der Waals surface area contributed by atoms with Crippen LogP contribution in [0.3, 0.4) is 0 Å². The van der Waals surface area contributed by atoms with Gasteiger partial charge in [0.15, 0.2) is 11.2 Å². The second-order valence-electron chi connectivity index (χ2n) is 7.35. The lowest BCUT2D eigenvalue weighted by molar-refractivity contribution is -0.116. The minimum Gasteiger partial charge on any atom is -0.398 e. The average molecular weight is 430 g/mol. The fourth-order valence-electron chi connectivity index (χ4n) is 3.46. The maximum Gasteiger partial charge on any atom is 0.332 e. The van der Waals surface area contributed by atoms with E-state index < -0.39 is 11.2 Å². The summed E-state index contributed by atoms with van der Waals surface area (Å²) in [5.74, 6) is -0.333. The summed E-state index contributed by atoms with van der Waals surface area (Å²) in [6.45, 7) is -0.131. The Labute approximate surface area is 183 Å². The molecule has 0 fully saturated rings. The Hall–Kier alpha value is -4.40. The molecule has 2 aromatic heterocycles. The van der Waals surface area contributed by atoms with Gasteiger partial charge in [0.2, 0.25) is 5.91 Å². The number of nitrogen functional groups attached to an aromatic ring is 1. The number of anilines is 2. The second kappa shape index (κ2) is 8.38. The molecule has 1 amide bonds. The Balaban J connectivity index is 1.59. The van der Waals surface area contributed by atoms with Crippen molar-refractivity contribution in [1.29, 1.82) is 0 Å². The van der Waals surface area contributed by atoms with Gasteiger partial charge in [-0.05, 0) is 23.3 Å². The molecular weight excluding hydrogens is 408 g/mol. The number of rotatable bonds is 5. The monoisotopic (exact) mass is 430 g/mol. The van der Waals surface area contributed by atoms with Gasteiger partial charge in [0, 0.05) is 25.5 Å². The molecule has 9 heteroatoms. The number of para-hydroxylation sites is 2. The van der Waals surface area contributed by atoms with Crippen molar-refractivity contribution in [1.82, 2.24) is 18.7 Å². The standard InChI is InChI=1S/C23H22N6O3/c1-27-21-20(22(31)28(2)23(27)32)29(14-25-21)13-19(30)26-18-10-6-4-8-16(18)12-11-15-7-3-5-9-17(15)24/h3-12,14H,13,24H2,1-2H3,(H,26,30)/b12-11+. The summed E-state index contributed by atoms with van der Waals surface area (Å²) in [6.07, 6.45) is 5.14. The molecule has 4 aromatic rings. The molecule has 0 atom stereocenters. The average Bonchev–Trinajstić information content (AvgIpc) is 3.20. The van der Waals surface area contributed by atoms with Crippen LogP contribution in [0.25, 0.3) is 23.3 Å². The van der Waals surface area contributed by atoms with Crippen molar-refractivity contribution in [3.05, 3.63) is 86.8 Å². The van der Waals surface area contributed by atoms with Gasteiger partial charge in [-0.1, -0.05) is 48.6 Å². The number of nitrogens with one attached hydrogen (secondary N) is 1. The van der Waals surface area contributed by atoms with E-state index in [-0.39, 0.29) is 23.6 Å². The van der Waals surface area contributed by atoms with Gasteiger partial charge >= 0.3 is 5.69 Å². The van der Waals surface area contributed by atoms with Crippen molar-refractivity contribution in [2.75, 3.05) is 11.1 Å². The number of aromatic nitrogens is 4. The number of fused-ring (bicyclic) bond motifs is 1.